The Hall–Kier alpha value is -3.15. The number of rotatable bonds is 4. The Morgan fingerprint density at radius 2 is 1.09 bits per heavy atom. The van der Waals surface area contributed by atoms with Crippen LogP contribution in [-0.2, 0) is 9.47 Å². The van der Waals surface area contributed by atoms with E-state index in [0.29, 0.717) is 22.4 Å². The van der Waals surface area contributed by atoms with Crippen molar-refractivity contribution in [3.8, 4) is 0 Å². The van der Waals surface area contributed by atoms with Crippen LogP contribution in [0.1, 0.15) is 31.1 Å². The Labute approximate surface area is 133 Å². The number of esters is 2. The lowest BCUT2D eigenvalue weighted by Crippen LogP contribution is -2.12. The maximum atomic E-state index is 12.1. The van der Waals surface area contributed by atoms with Crippen molar-refractivity contribution in [3.05, 3.63) is 65.2 Å². The molecule has 0 spiro atoms. The molecule has 23 heavy (non-hydrogen) atoms. The fourth-order valence-corrected chi connectivity index (χ4v) is 1.89. The maximum absolute atomic E-state index is 12.1. The van der Waals surface area contributed by atoms with Crippen molar-refractivity contribution < 1.29 is 23.9 Å². The zero-order valence-electron chi connectivity index (χ0n) is 12.7. The first-order valence-corrected chi connectivity index (χ1v) is 6.73. The molecule has 0 aliphatic carbocycles. The maximum Gasteiger partial charge on any atom is 0.337 e. The number of carbonyl (C=O) groups is 3. The van der Waals surface area contributed by atoms with Crippen LogP contribution < -0.4 is 5.32 Å². The topological polar surface area (TPSA) is 81.7 Å². The quantitative estimate of drug-likeness (QED) is 0.877. The van der Waals surface area contributed by atoms with Gasteiger partial charge in [0.15, 0.2) is 0 Å². The van der Waals surface area contributed by atoms with E-state index in [1.165, 1.54) is 38.5 Å². The number of nitrogens with one attached hydrogen (secondary N) is 1. The molecule has 2 aromatic rings. The molecular weight excluding hydrogens is 298 g/mol. The largest absolute Gasteiger partial charge is 0.465 e. The lowest BCUT2D eigenvalue weighted by atomic mass is 10.1. The van der Waals surface area contributed by atoms with Gasteiger partial charge < -0.3 is 14.8 Å². The van der Waals surface area contributed by atoms with Crippen LogP contribution >= 0.6 is 0 Å². The second-order valence-electron chi connectivity index (χ2n) is 4.59. The Bertz CT molecular complexity index is 720. The van der Waals surface area contributed by atoms with Gasteiger partial charge in [0, 0.05) is 11.3 Å². The number of hydrogen-bond donors (Lipinski definition) is 1. The standard InChI is InChI=1S/C17H15NO5/c1-22-16(20)12-5-3-11(4-6-12)15(19)18-14-9-7-13(8-10-14)17(21)23-2/h3-10H,1-2H3,(H,18,19). The second kappa shape index (κ2) is 7.22. The van der Waals surface area contributed by atoms with Crippen LogP contribution in [0, 0.1) is 0 Å². The van der Waals surface area contributed by atoms with Gasteiger partial charge in [-0.15, -0.1) is 0 Å². The van der Waals surface area contributed by atoms with Gasteiger partial charge in [0.05, 0.1) is 25.3 Å². The Balaban J connectivity index is 2.06. The summed E-state index contributed by atoms with van der Waals surface area (Å²) in [5.41, 5.74) is 1.70. The van der Waals surface area contributed by atoms with Crippen LogP contribution in [0.25, 0.3) is 0 Å². The van der Waals surface area contributed by atoms with Gasteiger partial charge in [0.25, 0.3) is 5.91 Å². The highest BCUT2D eigenvalue weighted by Gasteiger charge is 2.10. The van der Waals surface area contributed by atoms with Crippen molar-refractivity contribution in [1.82, 2.24) is 0 Å². The first-order chi connectivity index (χ1) is 11.0. The zero-order valence-corrected chi connectivity index (χ0v) is 12.7. The van der Waals surface area contributed by atoms with E-state index in [0.717, 1.165) is 0 Å². The number of anilines is 1. The van der Waals surface area contributed by atoms with E-state index in [9.17, 15) is 14.4 Å². The average molecular weight is 313 g/mol. The van der Waals surface area contributed by atoms with E-state index in [1.54, 1.807) is 24.3 Å². The van der Waals surface area contributed by atoms with E-state index in [2.05, 4.69) is 14.8 Å². The SMILES string of the molecule is COC(=O)c1ccc(NC(=O)c2ccc(C(=O)OC)cc2)cc1. The molecule has 0 unspecified atom stereocenters. The normalized spacial score (nSPS) is 9.83. The summed E-state index contributed by atoms with van der Waals surface area (Å²) in [7, 11) is 2.59. The molecule has 0 fully saturated rings. The molecule has 2 aromatic carbocycles. The molecule has 118 valence electrons. The molecule has 6 heteroatoms. The van der Waals surface area contributed by atoms with E-state index >= 15 is 0 Å². The van der Waals surface area contributed by atoms with Crippen molar-refractivity contribution in [2.75, 3.05) is 19.5 Å². The van der Waals surface area contributed by atoms with Crippen LogP contribution in [0.4, 0.5) is 5.69 Å². The molecule has 2 rings (SSSR count). The summed E-state index contributed by atoms with van der Waals surface area (Å²) < 4.78 is 9.20. The van der Waals surface area contributed by atoms with Crippen molar-refractivity contribution >= 4 is 23.5 Å². The second-order valence-corrected chi connectivity index (χ2v) is 4.59. The molecule has 0 aromatic heterocycles. The van der Waals surface area contributed by atoms with Gasteiger partial charge in [0.1, 0.15) is 0 Å². The smallest absolute Gasteiger partial charge is 0.337 e. The molecule has 6 nitrogen and oxygen atoms in total. The summed E-state index contributed by atoms with van der Waals surface area (Å²) in [6, 6.07) is 12.4. The van der Waals surface area contributed by atoms with Crippen molar-refractivity contribution in [2.45, 2.75) is 0 Å². The Morgan fingerprint density at radius 3 is 1.52 bits per heavy atom. The highest BCUT2D eigenvalue weighted by Crippen LogP contribution is 2.13. The van der Waals surface area contributed by atoms with Gasteiger partial charge >= 0.3 is 11.9 Å². The first-order valence-electron chi connectivity index (χ1n) is 6.73. The van der Waals surface area contributed by atoms with Gasteiger partial charge in [-0.2, -0.15) is 0 Å². The number of methoxy groups -OCH3 is 2. The van der Waals surface area contributed by atoms with Crippen molar-refractivity contribution in [3.63, 3.8) is 0 Å². The summed E-state index contributed by atoms with van der Waals surface area (Å²) in [4.78, 5) is 34.8. The fraction of sp³-hybridized carbons (Fsp3) is 0.118. The molecule has 0 bridgehead atoms. The van der Waals surface area contributed by atoms with Crippen LogP contribution in [0.5, 0.6) is 0 Å². The number of carbonyl (C=O) groups excluding carboxylic acids is 3. The monoisotopic (exact) mass is 313 g/mol. The van der Waals surface area contributed by atoms with Crippen LogP contribution in [0.3, 0.4) is 0 Å². The number of hydrogen-bond acceptors (Lipinski definition) is 5. The van der Waals surface area contributed by atoms with Gasteiger partial charge in [-0.1, -0.05) is 0 Å². The van der Waals surface area contributed by atoms with E-state index in [1.807, 2.05) is 0 Å². The summed E-state index contributed by atoms with van der Waals surface area (Å²) in [6.45, 7) is 0. The number of ether oxygens (including phenoxy) is 2. The summed E-state index contributed by atoms with van der Waals surface area (Å²) >= 11 is 0. The Kier molecular flexibility index (Phi) is 5.09. The van der Waals surface area contributed by atoms with Gasteiger partial charge in [-0.3, -0.25) is 4.79 Å². The first kappa shape index (κ1) is 16.2. The minimum absolute atomic E-state index is 0.327. The summed E-state index contributed by atoms with van der Waals surface area (Å²) in [5.74, 6) is -1.23. The predicted molar refractivity (Wildman–Crippen MR) is 83.5 cm³/mol. The van der Waals surface area contributed by atoms with E-state index in [4.69, 9.17) is 0 Å². The predicted octanol–water partition coefficient (Wildman–Crippen LogP) is 2.51. The lowest BCUT2D eigenvalue weighted by Gasteiger charge is -2.07. The van der Waals surface area contributed by atoms with Gasteiger partial charge in [-0.25, -0.2) is 9.59 Å². The molecule has 0 aliphatic rings. The fourth-order valence-electron chi connectivity index (χ4n) is 1.89. The molecule has 0 heterocycles. The van der Waals surface area contributed by atoms with Crippen LogP contribution in [0.15, 0.2) is 48.5 Å². The van der Waals surface area contributed by atoms with E-state index in [-0.39, 0.29) is 5.91 Å². The molecule has 1 N–H and O–H groups in total. The van der Waals surface area contributed by atoms with Gasteiger partial charge in [0.2, 0.25) is 0 Å². The highest BCUT2D eigenvalue weighted by molar-refractivity contribution is 6.05. The molecule has 0 aliphatic heterocycles. The molecule has 0 saturated carbocycles. The highest BCUT2D eigenvalue weighted by atomic mass is 16.5. The molecular formula is C17H15NO5. The molecule has 0 saturated heterocycles. The molecule has 1 amide bonds. The lowest BCUT2D eigenvalue weighted by molar-refractivity contribution is 0.0592. The number of benzene rings is 2. The third-order valence-electron chi connectivity index (χ3n) is 3.13. The van der Waals surface area contributed by atoms with Crippen molar-refractivity contribution in [2.24, 2.45) is 0 Å². The summed E-state index contributed by atoms with van der Waals surface area (Å²) in [6.07, 6.45) is 0. The van der Waals surface area contributed by atoms with Gasteiger partial charge in [-0.05, 0) is 48.5 Å². The van der Waals surface area contributed by atoms with Crippen LogP contribution in [-0.4, -0.2) is 32.1 Å². The van der Waals surface area contributed by atoms with Crippen molar-refractivity contribution in [1.29, 1.82) is 0 Å². The third kappa shape index (κ3) is 3.94. The van der Waals surface area contributed by atoms with E-state index < -0.39 is 11.9 Å². The third-order valence-corrected chi connectivity index (χ3v) is 3.13. The summed E-state index contributed by atoms with van der Waals surface area (Å²) in [5, 5.41) is 2.70. The molecule has 0 radical (unpaired) electrons. The molecule has 0 atom stereocenters. The zero-order chi connectivity index (χ0) is 16.8. The average Bonchev–Trinajstić information content (AvgIpc) is 2.61. The minimum atomic E-state index is -0.463. The van der Waals surface area contributed by atoms with Crippen LogP contribution in [0.2, 0.25) is 0 Å². The number of amides is 1. The minimum Gasteiger partial charge on any atom is -0.465 e. The Morgan fingerprint density at radius 1 is 0.696 bits per heavy atom.